The Kier molecular flexibility index (Phi) is 5.01. The summed E-state index contributed by atoms with van der Waals surface area (Å²) in [5.41, 5.74) is 6.61. The zero-order valence-corrected chi connectivity index (χ0v) is 15.5. The Morgan fingerprint density at radius 1 is 1.23 bits per heavy atom. The lowest BCUT2D eigenvalue weighted by Gasteiger charge is -2.10. The molecule has 2 aromatic heterocycles. The van der Waals surface area contributed by atoms with E-state index in [9.17, 15) is 13.2 Å². The van der Waals surface area contributed by atoms with Gasteiger partial charge in [0.05, 0.1) is 23.3 Å². The smallest absolute Gasteiger partial charge is 0.271 e. The first-order valence-electron chi connectivity index (χ1n) is 7.58. The number of hydrogen-bond donors (Lipinski definition) is 2. The number of hydrogen-bond acceptors (Lipinski definition) is 7. The molecule has 26 heavy (non-hydrogen) atoms. The molecule has 0 saturated heterocycles. The van der Waals surface area contributed by atoms with Gasteiger partial charge >= 0.3 is 0 Å². The number of thiophene rings is 1. The summed E-state index contributed by atoms with van der Waals surface area (Å²) in [6, 6.07) is 10.2. The number of benzene rings is 1. The summed E-state index contributed by atoms with van der Waals surface area (Å²) < 4.78 is 23.1. The molecule has 0 bridgehead atoms. The maximum absolute atomic E-state index is 11.6. The standard InChI is InChI=1S/C17H16N4O3S2/c1-26(23,24)13-6-4-11(5-7-13)14-10-19-15(16(18)22)17(21-14)20-9-12-3-2-8-25-12/h2-8,10H,9H2,1H3,(H2,18,22)(H,20,21). The van der Waals surface area contributed by atoms with Crippen molar-refractivity contribution in [3.05, 3.63) is 58.5 Å². The molecule has 3 rings (SSSR count). The molecule has 0 aliphatic carbocycles. The minimum atomic E-state index is -3.27. The molecule has 0 spiro atoms. The zero-order valence-electron chi connectivity index (χ0n) is 13.8. The third-order valence-corrected chi connectivity index (χ3v) is 5.60. The van der Waals surface area contributed by atoms with Crippen molar-refractivity contribution in [2.45, 2.75) is 11.4 Å². The third kappa shape index (κ3) is 4.06. The van der Waals surface area contributed by atoms with E-state index in [0.29, 0.717) is 17.8 Å². The second-order valence-corrected chi connectivity index (χ2v) is 8.59. The number of aromatic nitrogens is 2. The van der Waals surface area contributed by atoms with Crippen LogP contribution in [0.2, 0.25) is 0 Å². The van der Waals surface area contributed by atoms with Gasteiger partial charge in [0.2, 0.25) is 0 Å². The Morgan fingerprint density at radius 2 is 1.96 bits per heavy atom. The number of rotatable bonds is 6. The van der Waals surface area contributed by atoms with Crippen molar-refractivity contribution in [3.63, 3.8) is 0 Å². The van der Waals surface area contributed by atoms with E-state index in [2.05, 4.69) is 15.3 Å². The van der Waals surface area contributed by atoms with Crippen molar-refractivity contribution in [1.29, 1.82) is 0 Å². The van der Waals surface area contributed by atoms with E-state index in [-0.39, 0.29) is 16.4 Å². The van der Waals surface area contributed by atoms with Gasteiger partial charge < -0.3 is 11.1 Å². The van der Waals surface area contributed by atoms with Gasteiger partial charge in [0, 0.05) is 16.7 Å². The summed E-state index contributed by atoms with van der Waals surface area (Å²) in [5.74, 6) is -0.388. The van der Waals surface area contributed by atoms with Gasteiger partial charge in [-0.2, -0.15) is 0 Å². The highest BCUT2D eigenvalue weighted by molar-refractivity contribution is 7.90. The van der Waals surface area contributed by atoms with Crippen molar-refractivity contribution in [2.75, 3.05) is 11.6 Å². The zero-order chi connectivity index (χ0) is 18.7. The van der Waals surface area contributed by atoms with Gasteiger partial charge in [-0.15, -0.1) is 11.3 Å². The summed E-state index contributed by atoms with van der Waals surface area (Å²) in [6.07, 6.45) is 2.59. The molecule has 1 aromatic carbocycles. The number of anilines is 1. The molecule has 0 unspecified atom stereocenters. The SMILES string of the molecule is CS(=O)(=O)c1ccc(-c2cnc(C(N)=O)c(NCc3cccs3)n2)cc1. The normalized spacial score (nSPS) is 11.3. The predicted molar refractivity (Wildman–Crippen MR) is 101 cm³/mol. The first-order chi connectivity index (χ1) is 12.3. The van der Waals surface area contributed by atoms with Gasteiger partial charge in [-0.1, -0.05) is 18.2 Å². The van der Waals surface area contributed by atoms with Crippen LogP contribution in [0.25, 0.3) is 11.3 Å². The molecule has 0 aliphatic rings. The number of carbonyl (C=O) groups is 1. The van der Waals surface area contributed by atoms with E-state index < -0.39 is 15.7 Å². The molecule has 134 valence electrons. The topological polar surface area (TPSA) is 115 Å². The highest BCUT2D eigenvalue weighted by Crippen LogP contribution is 2.22. The van der Waals surface area contributed by atoms with Gasteiger partial charge in [0.15, 0.2) is 21.3 Å². The molecule has 0 fully saturated rings. The lowest BCUT2D eigenvalue weighted by atomic mass is 10.1. The number of amides is 1. The van der Waals surface area contributed by atoms with Crippen LogP contribution in [0, 0.1) is 0 Å². The van der Waals surface area contributed by atoms with Gasteiger partial charge in [0.25, 0.3) is 5.91 Å². The van der Waals surface area contributed by atoms with E-state index in [1.807, 2.05) is 17.5 Å². The van der Waals surface area contributed by atoms with Crippen LogP contribution in [-0.4, -0.2) is 30.5 Å². The van der Waals surface area contributed by atoms with Crippen LogP contribution in [0.3, 0.4) is 0 Å². The Hall–Kier alpha value is -2.78. The van der Waals surface area contributed by atoms with Gasteiger partial charge in [0.1, 0.15) is 0 Å². The molecule has 9 heteroatoms. The summed E-state index contributed by atoms with van der Waals surface area (Å²) in [7, 11) is -3.27. The lowest BCUT2D eigenvalue weighted by molar-refractivity contribution is 0.0996. The van der Waals surface area contributed by atoms with Crippen LogP contribution in [0.15, 0.2) is 52.9 Å². The van der Waals surface area contributed by atoms with Crippen molar-refractivity contribution in [2.24, 2.45) is 5.73 Å². The average molecular weight is 388 g/mol. The highest BCUT2D eigenvalue weighted by Gasteiger charge is 2.14. The van der Waals surface area contributed by atoms with Gasteiger partial charge in [-0.3, -0.25) is 4.79 Å². The molecule has 3 aromatic rings. The number of nitrogens with one attached hydrogen (secondary N) is 1. The molecular formula is C17H16N4O3S2. The predicted octanol–water partition coefficient (Wildman–Crippen LogP) is 2.32. The van der Waals surface area contributed by atoms with E-state index in [1.54, 1.807) is 23.5 Å². The number of carbonyl (C=O) groups excluding carboxylic acids is 1. The Balaban J connectivity index is 1.92. The molecule has 0 saturated carbocycles. The van der Waals surface area contributed by atoms with Gasteiger partial charge in [-0.25, -0.2) is 18.4 Å². The molecule has 0 atom stereocenters. The van der Waals surface area contributed by atoms with E-state index in [4.69, 9.17) is 5.73 Å². The van der Waals surface area contributed by atoms with Crippen LogP contribution in [-0.2, 0) is 16.4 Å². The number of primary amides is 1. The van der Waals surface area contributed by atoms with E-state index in [0.717, 1.165) is 11.1 Å². The fraction of sp³-hybridized carbons (Fsp3) is 0.118. The maximum atomic E-state index is 11.6. The van der Waals surface area contributed by atoms with E-state index in [1.165, 1.54) is 18.3 Å². The Labute approximate surface area is 154 Å². The first-order valence-corrected chi connectivity index (χ1v) is 10.4. The highest BCUT2D eigenvalue weighted by atomic mass is 32.2. The van der Waals surface area contributed by atoms with Crippen LogP contribution in [0.1, 0.15) is 15.4 Å². The molecule has 0 radical (unpaired) electrons. The summed E-state index contributed by atoms with van der Waals surface area (Å²) >= 11 is 1.58. The molecule has 2 heterocycles. The van der Waals surface area contributed by atoms with Crippen LogP contribution < -0.4 is 11.1 Å². The molecule has 7 nitrogen and oxygen atoms in total. The second kappa shape index (κ2) is 7.22. The minimum Gasteiger partial charge on any atom is -0.364 e. The molecule has 3 N–H and O–H groups in total. The minimum absolute atomic E-state index is 0.0538. The number of sulfone groups is 1. The van der Waals surface area contributed by atoms with Crippen LogP contribution in [0.5, 0.6) is 0 Å². The Bertz CT molecular complexity index is 1030. The maximum Gasteiger partial charge on any atom is 0.271 e. The second-order valence-electron chi connectivity index (χ2n) is 5.55. The molecule has 0 aliphatic heterocycles. The van der Waals surface area contributed by atoms with Gasteiger partial charge in [-0.05, 0) is 23.6 Å². The largest absolute Gasteiger partial charge is 0.364 e. The summed E-state index contributed by atoms with van der Waals surface area (Å²) in [4.78, 5) is 21.4. The summed E-state index contributed by atoms with van der Waals surface area (Å²) in [5, 5.41) is 5.04. The number of nitrogens with two attached hydrogens (primary N) is 1. The van der Waals surface area contributed by atoms with E-state index >= 15 is 0 Å². The third-order valence-electron chi connectivity index (χ3n) is 3.59. The first kappa shape index (κ1) is 18.0. The monoisotopic (exact) mass is 388 g/mol. The van der Waals surface area contributed by atoms with Crippen LogP contribution in [0.4, 0.5) is 5.82 Å². The Morgan fingerprint density at radius 3 is 2.54 bits per heavy atom. The fourth-order valence-electron chi connectivity index (χ4n) is 2.29. The van der Waals surface area contributed by atoms with Crippen molar-refractivity contribution in [1.82, 2.24) is 9.97 Å². The van der Waals surface area contributed by atoms with Crippen molar-refractivity contribution in [3.8, 4) is 11.3 Å². The van der Waals surface area contributed by atoms with Crippen LogP contribution >= 0.6 is 11.3 Å². The van der Waals surface area contributed by atoms with Crippen molar-refractivity contribution >= 4 is 32.9 Å². The molecule has 1 amide bonds. The van der Waals surface area contributed by atoms with Crippen molar-refractivity contribution < 1.29 is 13.2 Å². The number of nitrogens with zero attached hydrogens (tertiary/aromatic N) is 2. The fourth-order valence-corrected chi connectivity index (χ4v) is 3.56. The quantitative estimate of drug-likeness (QED) is 0.670. The summed E-state index contributed by atoms with van der Waals surface area (Å²) in [6.45, 7) is 0.489. The molecular weight excluding hydrogens is 372 g/mol. The lowest BCUT2D eigenvalue weighted by Crippen LogP contribution is -2.17. The average Bonchev–Trinajstić information content (AvgIpc) is 3.12.